The van der Waals surface area contributed by atoms with E-state index in [4.69, 9.17) is 0 Å². The molecule has 3 aliphatic rings. The number of rotatable bonds is 5. The van der Waals surface area contributed by atoms with Crippen molar-refractivity contribution >= 4 is 17.1 Å². The van der Waals surface area contributed by atoms with E-state index in [0.717, 1.165) is 17.1 Å². The minimum absolute atomic E-state index is 0.0461. The van der Waals surface area contributed by atoms with Crippen molar-refractivity contribution in [2.45, 2.75) is 24.7 Å². The molecule has 9 aromatic carbocycles. The van der Waals surface area contributed by atoms with E-state index in [1.165, 1.54) is 89.0 Å². The molecule has 0 fully saturated rings. The van der Waals surface area contributed by atoms with Gasteiger partial charge in [-0.15, -0.1) is 0 Å². The van der Waals surface area contributed by atoms with Crippen LogP contribution in [0.3, 0.4) is 0 Å². The Hall–Kier alpha value is -7.22. The van der Waals surface area contributed by atoms with E-state index in [2.05, 4.69) is 231 Å². The van der Waals surface area contributed by atoms with Crippen molar-refractivity contribution in [2.24, 2.45) is 0 Å². The van der Waals surface area contributed by atoms with Gasteiger partial charge in [-0.25, -0.2) is 0 Å². The highest BCUT2D eigenvalue weighted by molar-refractivity contribution is 5.96. The maximum Gasteiger partial charge on any atom is 0.0726 e. The Balaban J connectivity index is 1.02. The van der Waals surface area contributed by atoms with Gasteiger partial charge in [-0.1, -0.05) is 184 Å². The average molecular weight is 752 g/mol. The number of benzene rings is 9. The van der Waals surface area contributed by atoms with Gasteiger partial charge in [0.15, 0.2) is 0 Å². The topological polar surface area (TPSA) is 3.24 Å². The Morgan fingerprint density at radius 2 is 0.644 bits per heavy atom. The summed E-state index contributed by atoms with van der Waals surface area (Å²) in [5, 5.41) is 0. The lowest BCUT2D eigenvalue weighted by Gasteiger charge is -2.32. The van der Waals surface area contributed by atoms with Crippen molar-refractivity contribution in [3.05, 3.63) is 246 Å². The monoisotopic (exact) mass is 751 g/mol. The Kier molecular flexibility index (Phi) is 7.26. The molecule has 0 aromatic heterocycles. The lowest BCUT2D eigenvalue weighted by molar-refractivity contribution is 0.660. The molecule has 3 aliphatic carbocycles. The van der Waals surface area contributed by atoms with E-state index in [-0.39, 0.29) is 5.41 Å². The molecule has 0 saturated carbocycles. The number of nitrogens with zero attached hydrogens (tertiary/aromatic N) is 1. The molecule has 59 heavy (non-hydrogen) atoms. The first-order valence-electron chi connectivity index (χ1n) is 20.8. The number of hydrogen-bond donors (Lipinski definition) is 0. The van der Waals surface area contributed by atoms with Crippen LogP contribution in [0.15, 0.2) is 212 Å². The summed E-state index contributed by atoms with van der Waals surface area (Å²) in [6.07, 6.45) is 0. The van der Waals surface area contributed by atoms with Gasteiger partial charge in [-0.05, 0) is 131 Å². The second kappa shape index (κ2) is 12.6. The highest BCUT2D eigenvalue weighted by atomic mass is 15.1. The van der Waals surface area contributed by atoms with Crippen LogP contribution in [0, 0.1) is 0 Å². The lowest BCUT2D eigenvalue weighted by Crippen LogP contribution is -2.26. The normalized spacial score (nSPS) is 14.2. The van der Waals surface area contributed by atoms with Gasteiger partial charge in [0, 0.05) is 22.5 Å². The molecule has 0 heterocycles. The zero-order chi connectivity index (χ0) is 39.3. The van der Waals surface area contributed by atoms with Crippen molar-refractivity contribution < 1.29 is 0 Å². The first-order chi connectivity index (χ1) is 29.0. The maximum absolute atomic E-state index is 2.48. The number of anilines is 3. The second-order valence-electron chi connectivity index (χ2n) is 16.8. The molecule has 1 spiro atoms. The molecule has 0 bridgehead atoms. The third kappa shape index (κ3) is 4.79. The fourth-order valence-electron chi connectivity index (χ4n) is 10.8. The van der Waals surface area contributed by atoms with Crippen molar-refractivity contribution in [1.82, 2.24) is 0 Å². The van der Waals surface area contributed by atoms with Gasteiger partial charge in [0.1, 0.15) is 0 Å². The van der Waals surface area contributed by atoms with E-state index >= 15 is 0 Å². The zero-order valence-corrected chi connectivity index (χ0v) is 33.2. The molecular formula is C58H41N. The van der Waals surface area contributed by atoms with Crippen LogP contribution in [0.5, 0.6) is 0 Å². The van der Waals surface area contributed by atoms with Crippen LogP contribution < -0.4 is 4.90 Å². The summed E-state index contributed by atoms with van der Waals surface area (Å²) in [6.45, 7) is 4.71. The predicted octanol–water partition coefficient (Wildman–Crippen LogP) is 15.1. The third-order valence-corrected chi connectivity index (χ3v) is 13.5. The van der Waals surface area contributed by atoms with E-state index in [9.17, 15) is 0 Å². The van der Waals surface area contributed by atoms with E-state index in [1.54, 1.807) is 0 Å². The molecule has 12 rings (SSSR count). The minimum Gasteiger partial charge on any atom is -0.310 e. The van der Waals surface area contributed by atoms with Crippen LogP contribution in [0.2, 0.25) is 0 Å². The minimum atomic E-state index is -0.414. The van der Waals surface area contributed by atoms with Gasteiger partial charge < -0.3 is 4.90 Å². The molecule has 0 radical (unpaired) electrons. The quantitative estimate of drug-likeness (QED) is 0.169. The second-order valence-corrected chi connectivity index (χ2v) is 16.8. The van der Waals surface area contributed by atoms with Crippen molar-refractivity contribution in [3.63, 3.8) is 0 Å². The number of fused-ring (bicyclic) bond motifs is 13. The Morgan fingerprint density at radius 3 is 1.20 bits per heavy atom. The first-order valence-corrected chi connectivity index (χ1v) is 20.8. The highest BCUT2D eigenvalue weighted by Crippen LogP contribution is 2.63. The zero-order valence-electron chi connectivity index (χ0n) is 33.2. The van der Waals surface area contributed by atoms with Gasteiger partial charge in [-0.3, -0.25) is 0 Å². The average Bonchev–Trinajstić information content (AvgIpc) is 3.85. The predicted molar refractivity (Wildman–Crippen MR) is 246 cm³/mol. The Morgan fingerprint density at radius 1 is 0.271 bits per heavy atom. The third-order valence-electron chi connectivity index (χ3n) is 13.5. The molecular weight excluding hydrogens is 711 g/mol. The molecule has 1 nitrogen and oxygen atoms in total. The van der Waals surface area contributed by atoms with Gasteiger partial charge in [0.2, 0.25) is 0 Å². The van der Waals surface area contributed by atoms with Crippen LogP contribution in [0.4, 0.5) is 17.1 Å². The molecule has 1 heteroatoms. The van der Waals surface area contributed by atoms with Crippen LogP contribution in [0.1, 0.15) is 47.2 Å². The summed E-state index contributed by atoms with van der Waals surface area (Å²) in [5.74, 6) is 0. The van der Waals surface area contributed by atoms with Crippen LogP contribution >= 0.6 is 0 Å². The Bertz CT molecular complexity index is 3050. The highest BCUT2D eigenvalue weighted by Gasteiger charge is 2.51. The van der Waals surface area contributed by atoms with Crippen LogP contribution in [0.25, 0.3) is 55.6 Å². The lowest BCUT2D eigenvalue weighted by atomic mass is 9.70. The van der Waals surface area contributed by atoms with Crippen molar-refractivity contribution in [1.29, 1.82) is 0 Å². The standard InChI is InChI=1S/C58H41N/c1-57(2)51-20-10-6-16-45(51)49-34-28-41(36-55(49)57)40-26-31-43(32-27-40)59(42-29-24-39(25-30-42)38-14-4-3-5-15-38)44-33-35-50-48-19-9-13-23-54(48)58(56(50)37-44)52-21-11-7-17-46(52)47-18-8-12-22-53(47)58/h3-37H,1-2H3. The molecule has 0 aliphatic heterocycles. The van der Waals surface area contributed by atoms with Crippen LogP contribution in [-0.4, -0.2) is 0 Å². The molecule has 0 N–H and O–H groups in total. The van der Waals surface area contributed by atoms with Gasteiger partial charge in [0.25, 0.3) is 0 Å². The summed E-state index contributed by atoms with van der Waals surface area (Å²) < 4.78 is 0. The molecule has 278 valence electrons. The van der Waals surface area contributed by atoms with Gasteiger partial charge in [-0.2, -0.15) is 0 Å². The molecule has 0 atom stereocenters. The first kappa shape index (κ1) is 33.9. The fourth-order valence-corrected chi connectivity index (χ4v) is 10.8. The van der Waals surface area contributed by atoms with E-state index in [0.29, 0.717) is 0 Å². The van der Waals surface area contributed by atoms with Crippen LogP contribution in [-0.2, 0) is 10.8 Å². The SMILES string of the molecule is CC1(C)c2ccccc2-c2ccc(-c3ccc(N(c4ccc(-c5ccccc5)cc4)c4ccc5c(c4)C4(c6ccccc6-c6ccccc64)c4ccccc4-5)cc3)cc21. The summed E-state index contributed by atoms with van der Waals surface area (Å²) in [7, 11) is 0. The molecule has 0 unspecified atom stereocenters. The summed E-state index contributed by atoms with van der Waals surface area (Å²) >= 11 is 0. The van der Waals surface area contributed by atoms with E-state index < -0.39 is 5.41 Å². The number of hydrogen-bond acceptors (Lipinski definition) is 1. The summed E-state index contributed by atoms with van der Waals surface area (Å²) in [5.41, 5.74) is 23.9. The maximum atomic E-state index is 2.48. The smallest absolute Gasteiger partial charge is 0.0726 e. The molecule has 0 amide bonds. The van der Waals surface area contributed by atoms with Crippen molar-refractivity contribution in [3.8, 4) is 55.6 Å². The molecule has 0 saturated heterocycles. The fraction of sp³-hybridized carbons (Fsp3) is 0.0690. The summed E-state index contributed by atoms with van der Waals surface area (Å²) in [6, 6.07) is 79.1. The van der Waals surface area contributed by atoms with Gasteiger partial charge >= 0.3 is 0 Å². The van der Waals surface area contributed by atoms with Crippen molar-refractivity contribution in [2.75, 3.05) is 4.90 Å². The molecule has 9 aromatic rings. The Labute approximate surface area is 346 Å². The largest absolute Gasteiger partial charge is 0.310 e. The summed E-state index contributed by atoms with van der Waals surface area (Å²) in [4.78, 5) is 2.44. The van der Waals surface area contributed by atoms with Gasteiger partial charge in [0.05, 0.1) is 5.41 Å². The van der Waals surface area contributed by atoms with E-state index in [1.807, 2.05) is 0 Å².